The van der Waals surface area contributed by atoms with Crippen molar-refractivity contribution in [3.8, 4) is 0 Å². The zero-order chi connectivity index (χ0) is 17.0. The minimum Gasteiger partial charge on any atom is -0.444 e. The molecular formula is C19H30N2O2. The summed E-state index contributed by atoms with van der Waals surface area (Å²) in [4.78, 5) is 13.9. The molecule has 1 atom stereocenters. The zero-order valence-electron chi connectivity index (χ0n) is 15.1. The van der Waals surface area contributed by atoms with Gasteiger partial charge in [-0.3, -0.25) is 0 Å². The lowest BCUT2D eigenvalue weighted by atomic mass is 9.99. The third kappa shape index (κ3) is 5.24. The summed E-state index contributed by atoms with van der Waals surface area (Å²) >= 11 is 0. The quantitative estimate of drug-likeness (QED) is 0.914. The Morgan fingerprint density at radius 3 is 2.43 bits per heavy atom. The van der Waals surface area contributed by atoms with E-state index in [9.17, 15) is 4.79 Å². The number of carbonyl (C=O) groups is 1. The average Bonchev–Trinajstić information content (AvgIpc) is 2.46. The molecule has 4 nitrogen and oxygen atoms in total. The molecule has 0 aromatic heterocycles. The largest absolute Gasteiger partial charge is 0.444 e. The third-order valence-electron chi connectivity index (χ3n) is 4.29. The van der Waals surface area contributed by atoms with Crippen LogP contribution in [0.15, 0.2) is 24.3 Å². The number of piperidine rings is 1. The number of hydrogen-bond donors (Lipinski definition) is 1. The maximum Gasteiger partial charge on any atom is 0.410 e. The second kappa shape index (κ2) is 7.35. The number of rotatable bonds is 3. The molecule has 23 heavy (non-hydrogen) atoms. The van der Waals surface area contributed by atoms with Gasteiger partial charge >= 0.3 is 6.09 Å². The summed E-state index contributed by atoms with van der Waals surface area (Å²) in [6, 6.07) is 9.27. The minimum atomic E-state index is -0.425. The molecule has 1 fully saturated rings. The Morgan fingerprint density at radius 1 is 1.26 bits per heavy atom. The molecule has 1 aromatic carbocycles. The first kappa shape index (κ1) is 17.8. The number of likely N-dealkylation sites (tertiary alicyclic amines) is 1. The highest BCUT2D eigenvalue weighted by Gasteiger charge is 2.27. The number of carbonyl (C=O) groups excluding carboxylic acids is 1. The van der Waals surface area contributed by atoms with E-state index in [4.69, 9.17) is 4.74 Å². The summed E-state index contributed by atoms with van der Waals surface area (Å²) < 4.78 is 5.45. The molecule has 1 aliphatic heterocycles. The van der Waals surface area contributed by atoms with Gasteiger partial charge in [0.05, 0.1) is 0 Å². The molecule has 0 bridgehead atoms. The van der Waals surface area contributed by atoms with Crippen molar-refractivity contribution in [2.75, 3.05) is 13.1 Å². The van der Waals surface area contributed by atoms with E-state index in [0.717, 1.165) is 25.9 Å². The van der Waals surface area contributed by atoms with Gasteiger partial charge in [0.15, 0.2) is 0 Å². The molecule has 1 heterocycles. The predicted octanol–water partition coefficient (Wildman–Crippen LogP) is 4.05. The topological polar surface area (TPSA) is 41.6 Å². The number of aryl methyl sites for hydroxylation is 1. The minimum absolute atomic E-state index is 0.192. The first-order valence-corrected chi connectivity index (χ1v) is 8.56. The molecular weight excluding hydrogens is 288 g/mol. The van der Waals surface area contributed by atoms with Gasteiger partial charge in [-0.15, -0.1) is 0 Å². The summed E-state index contributed by atoms with van der Waals surface area (Å²) in [5.41, 5.74) is 2.24. The Balaban J connectivity index is 1.83. The molecule has 0 unspecified atom stereocenters. The SMILES string of the molecule is Cc1ccccc1[C@H](C)NC1CCN(C(=O)OC(C)(C)C)CC1. The number of amides is 1. The number of hydrogen-bond acceptors (Lipinski definition) is 3. The smallest absolute Gasteiger partial charge is 0.410 e. The second-order valence-electron chi connectivity index (χ2n) is 7.49. The van der Waals surface area contributed by atoms with Crippen LogP contribution in [0.1, 0.15) is 57.7 Å². The Labute approximate surface area is 140 Å². The van der Waals surface area contributed by atoms with Gasteiger partial charge in [0.1, 0.15) is 5.60 Å². The lowest BCUT2D eigenvalue weighted by Crippen LogP contribution is -2.47. The van der Waals surface area contributed by atoms with Gasteiger partial charge in [-0.2, -0.15) is 0 Å². The Morgan fingerprint density at radius 2 is 1.87 bits per heavy atom. The lowest BCUT2D eigenvalue weighted by molar-refractivity contribution is 0.0196. The summed E-state index contributed by atoms with van der Waals surface area (Å²) in [5, 5.41) is 3.70. The standard InChI is InChI=1S/C19H30N2O2/c1-14-8-6-7-9-17(14)15(2)20-16-10-12-21(13-11-16)18(22)23-19(3,4)5/h6-9,15-16,20H,10-13H2,1-5H3/t15-/m0/s1. The highest BCUT2D eigenvalue weighted by Crippen LogP contribution is 2.21. The van der Waals surface area contributed by atoms with Crippen LogP contribution in [0.3, 0.4) is 0 Å². The summed E-state index contributed by atoms with van der Waals surface area (Å²) in [6.45, 7) is 11.6. The first-order valence-electron chi connectivity index (χ1n) is 8.56. The van der Waals surface area contributed by atoms with Crippen LogP contribution in [0, 0.1) is 6.92 Å². The molecule has 1 saturated heterocycles. The Kier molecular flexibility index (Phi) is 5.69. The maximum absolute atomic E-state index is 12.1. The molecule has 1 aromatic rings. The highest BCUT2D eigenvalue weighted by atomic mass is 16.6. The van der Waals surface area contributed by atoms with Crippen molar-refractivity contribution in [3.63, 3.8) is 0 Å². The van der Waals surface area contributed by atoms with E-state index in [0.29, 0.717) is 12.1 Å². The third-order valence-corrected chi connectivity index (χ3v) is 4.29. The number of benzene rings is 1. The molecule has 1 aliphatic rings. The van der Waals surface area contributed by atoms with Crippen LogP contribution in [0.5, 0.6) is 0 Å². The molecule has 2 rings (SSSR count). The normalized spacial score (nSPS) is 17.9. The van der Waals surface area contributed by atoms with E-state index in [-0.39, 0.29) is 6.09 Å². The van der Waals surface area contributed by atoms with Crippen LogP contribution in [-0.2, 0) is 4.74 Å². The van der Waals surface area contributed by atoms with Crippen molar-refractivity contribution in [2.24, 2.45) is 0 Å². The fraction of sp³-hybridized carbons (Fsp3) is 0.632. The van der Waals surface area contributed by atoms with E-state index in [1.165, 1.54) is 11.1 Å². The molecule has 0 radical (unpaired) electrons. The van der Waals surface area contributed by atoms with Crippen molar-refractivity contribution in [3.05, 3.63) is 35.4 Å². The van der Waals surface area contributed by atoms with Gasteiger partial charge in [-0.25, -0.2) is 4.79 Å². The predicted molar refractivity (Wildman–Crippen MR) is 93.6 cm³/mol. The van der Waals surface area contributed by atoms with Crippen molar-refractivity contribution in [1.29, 1.82) is 0 Å². The van der Waals surface area contributed by atoms with Crippen molar-refractivity contribution in [2.45, 2.75) is 65.1 Å². The molecule has 128 valence electrons. The van der Waals surface area contributed by atoms with Crippen molar-refractivity contribution in [1.82, 2.24) is 10.2 Å². The fourth-order valence-electron chi connectivity index (χ4n) is 3.07. The number of nitrogens with one attached hydrogen (secondary N) is 1. The lowest BCUT2D eigenvalue weighted by Gasteiger charge is -2.35. The van der Waals surface area contributed by atoms with Crippen LogP contribution in [-0.4, -0.2) is 35.7 Å². The van der Waals surface area contributed by atoms with Crippen LogP contribution >= 0.6 is 0 Å². The Hall–Kier alpha value is -1.55. The summed E-state index contributed by atoms with van der Waals surface area (Å²) in [6.07, 6.45) is 1.74. The van der Waals surface area contributed by atoms with Gasteiger partial charge in [-0.05, 0) is 58.6 Å². The van der Waals surface area contributed by atoms with Crippen LogP contribution in [0.25, 0.3) is 0 Å². The second-order valence-corrected chi connectivity index (χ2v) is 7.49. The molecule has 4 heteroatoms. The van der Waals surface area contributed by atoms with E-state index in [1.807, 2.05) is 25.7 Å². The number of ether oxygens (including phenoxy) is 1. The van der Waals surface area contributed by atoms with E-state index in [2.05, 4.69) is 43.4 Å². The molecule has 1 N–H and O–H groups in total. The fourth-order valence-corrected chi connectivity index (χ4v) is 3.07. The van der Waals surface area contributed by atoms with Gasteiger partial charge in [0.25, 0.3) is 0 Å². The maximum atomic E-state index is 12.1. The van der Waals surface area contributed by atoms with Gasteiger partial charge < -0.3 is 15.0 Å². The Bertz CT molecular complexity index is 528. The van der Waals surface area contributed by atoms with E-state index < -0.39 is 5.60 Å². The monoisotopic (exact) mass is 318 g/mol. The first-order chi connectivity index (χ1) is 10.8. The molecule has 1 amide bonds. The number of nitrogens with zero attached hydrogens (tertiary/aromatic N) is 1. The van der Waals surface area contributed by atoms with Crippen LogP contribution < -0.4 is 5.32 Å². The summed E-state index contributed by atoms with van der Waals surface area (Å²) in [5.74, 6) is 0. The highest BCUT2D eigenvalue weighted by molar-refractivity contribution is 5.68. The van der Waals surface area contributed by atoms with Crippen molar-refractivity contribution < 1.29 is 9.53 Å². The van der Waals surface area contributed by atoms with Crippen LogP contribution in [0.4, 0.5) is 4.79 Å². The van der Waals surface area contributed by atoms with E-state index >= 15 is 0 Å². The van der Waals surface area contributed by atoms with Crippen LogP contribution in [0.2, 0.25) is 0 Å². The molecule has 0 saturated carbocycles. The van der Waals surface area contributed by atoms with Gasteiger partial charge in [-0.1, -0.05) is 24.3 Å². The molecule has 0 aliphatic carbocycles. The van der Waals surface area contributed by atoms with Gasteiger partial charge in [0, 0.05) is 25.2 Å². The van der Waals surface area contributed by atoms with Crippen molar-refractivity contribution >= 4 is 6.09 Å². The zero-order valence-corrected chi connectivity index (χ0v) is 15.1. The summed E-state index contributed by atoms with van der Waals surface area (Å²) in [7, 11) is 0. The van der Waals surface area contributed by atoms with Gasteiger partial charge in [0.2, 0.25) is 0 Å². The average molecular weight is 318 g/mol. The molecule has 0 spiro atoms. The van der Waals surface area contributed by atoms with E-state index in [1.54, 1.807) is 0 Å².